The molecule has 2 rings (SSSR count). The Bertz CT molecular complexity index is 388. The van der Waals surface area contributed by atoms with Crippen molar-refractivity contribution in [2.75, 3.05) is 25.9 Å². The van der Waals surface area contributed by atoms with Crippen LogP contribution < -0.4 is 10.5 Å². The molecule has 2 N–H and O–H groups in total. The van der Waals surface area contributed by atoms with Gasteiger partial charge in [-0.1, -0.05) is 13.0 Å². The second-order valence-electron chi connectivity index (χ2n) is 5.25. The zero-order valence-electron chi connectivity index (χ0n) is 11.5. The van der Waals surface area contributed by atoms with Crippen LogP contribution in [0.1, 0.15) is 31.7 Å². The summed E-state index contributed by atoms with van der Waals surface area (Å²) < 4.78 is 5.19. The molecule has 0 saturated heterocycles. The van der Waals surface area contributed by atoms with Gasteiger partial charge in [-0.15, -0.1) is 0 Å². The number of anilines is 1. The predicted molar refractivity (Wildman–Crippen MR) is 75.7 cm³/mol. The van der Waals surface area contributed by atoms with Crippen LogP contribution >= 0.6 is 0 Å². The summed E-state index contributed by atoms with van der Waals surface area (Å²) >= 11 is 0. The molecule has 3 heteroatoms. The van der Waals surface area contributed by atoms with Gasteiger partial charge in [0.2, 0.25) is 0 Å². The Kier molecular flexibility index (Phi) is 4.48. The fourth-order valence-corrected chi connectivity index (χ4v) is 2.36. The van der Waals surface area contributed by atoms with Gasteiger partial charge in [0.1, 0.15) is 5.75 Å². The Balaban J connectivity index is 1.98. The van der Waals surface area contributed by atoms with Crippen LogP contribution in [0.5, 0.6) is 5.75 Å². The second-order valence-corrected chi connectivity index (χ2v) is 5.25. The van der Waals surface area contributed by atoms with Crippen molar-refractivity contribution in [1.29, 1.82) is 0 Å². The fourth-order valence-electron chi connectivity index (χ4n) is 2.36. The van der Waals surface area contributed by atoms with E-state index in [-0.39, 0.29) is 0 Å². The summed E-state index contributed by atoms with van der Waals surface area (Å²) in [6, 6.07) is 6.12. The van der Waals surface area contributed by atoms with E-state index in [0.29, 0.717) is 0 Å². The van der Waals surface area contributed by atoms with Crippen LogP contribution in [0.3, 0.4) is 0 Å². The van der Waals surface area contributed by atoms with Gasteiger partial charge in [0.25, 0.3) is 0 Å². The largest absolute Gasteiger partial charge is 0.495 e. The molecule has 18 heavy (non-hydrogen) atoms. The van der Waals surface area contributed by atoms with Crippen LogP contribution in [0, 0.1) is 5.92 Å². The molecule has 0 radical (unpaired) electrons. The molecular weight excluding hydrogens is 224 g/mol. The van der Waals surface area contributed by atoms with Crippen molar-refractivity contribution in [3.8, 4) is 5.75 Å². The minimum Gasteiger partial charge on any atom is -0.495 e. The van der Waals surface area contributed by atoms with Crippen LogP contribution in [0.15, 0.2) is 18.2 Å². The zero-order valence-corrected chi connectivity index (χ0v) is 11.5. The average molecular weight is 248 g/mol. The molecule has 1 aromatic carbocycles. The first-order valence-electron chi connectivity index (χ1n) is 6.87. The Labute approximate surface area is 110 Å². The lowest BCUT2D eigenvalue weighted by atomic mass is 10.1. The number of rotatable bonds is 7. The lowest BCUT2D eigenvalue weighted by Crippen LogP contribution is -2.26. The third kappa shape index (κ3) is 3.64. The molecule has 0 bridgehead atoms. The van der Waals surface area contributed by atoms with Crippen LogP contribution in [0.2, 0.25) is 0 Å². The summed E-state index contributed by atoms with van der Waals surface area (Å²) in [7, 11) is 1.65. The summed E-state index contributed by atoms with van der Waals surface area (Å²) in [5, 5.41) is 0. The number of methoxy groups -OCH3 is 1. The highest BCUT2D eigenvalue weighted by molar-refractivity contribution is 5.54. The van der Waals surface area contributed by atoms with E-state index in [1.54, 1.807) is 7.11 Å². The topological polar surface area (TPSA) is 38.5 Å². The van der Waals surface area contributed by atoms with E-state index in [4.69, 9.17) is 10.5 Å². The van der Waals surface area contributed by atoms with Crippen molar-refractivity contribution >= 4 is 5.69 Å². The highest BCUT2D eigenvalue weighted by Gasteiger charge is 2.23. The first-order chi connectivity index (χ1) is 8.72. The van der Waals surface area contributed by atoms with Crippen molar-refractivity contribution in [3.63, 3.8) is 0 Å². The molecule has 1 aliphatic rings. The summed E-state index contributed by atoms with van der Waals surface area (Å²) in [6.45, 7) is 5.64. The smallest absolute Gasteiger partial charge is 0.141 e. The van der Waals surface area contributed by atoms with Gasteiger partial charge in [-0.25, -0.2) is 0 Å². The summed E-state index contributed by atoms with van der Waals surface area (Å²) in [5.41, 5.74) is 7.97. The minimum atomic E-state index is 0.734. The Morgan fingerprint density at radius 3 is 2.72 bits per heavy atom. The molecule has 3 nitrogen and oxygen atoms in total. The maximum absolute atomic E-state index is 5.95. The number of benzene rings is 1. The summed E-state index contributed by atoms with van der Waals surface area (Å²) in [6.07, 6.45) is 4.02. The van der Waals surface area contributed by atoms with Crippen molar-refractivity contribution in [2.45, 2.75) is 32.7 Å². The Morgan fingerprint density at radius 1 is 1.39 bits per heavy atom. The first kappa shape index (κ1) is 13.2. The summed E-state index contributed by atoms with van der Waals surface area (Å²) in [4.78, 5) is 2.54. The maximum Gasteiger partial charge on any atom is 0.141 e. The predicted octanol–water partition coefficient (Wildman–Crippen LogP) is 2.90. The van der Waals surface area contributed by atoms with Gasteiger partial charge in [0, 0.05) is 13.1 Å². The SMILES string of the molecule is CCCN(Cc1ccc(OC)c(N)c1)CC1CC1. The van der Waals surface area contributed by atoms with Gasteiger partial charge in [-0.2, -0.15) is 0 Å². The molecule has 0 aliphatic heterocycles. The lowest BCUT2D eigenvalue weighted by Gasteiger charge is -2.22. The van der Waals surface area contributed by atoms with Crippen molar-refractivity contribution < 1.29 is 4.74 Å². The van der Waals surface area contributed by atoms with Crippen molar-refractivity contribution in [1.82, 2.24) is 4.90 Å². The normalized spacial score (nSPS) is 15.1. The van der Waals surface area contributed by atoms with Gasteiger partial charge in [0.05, 0.1) is 12.8 Å². The molecule has 0 aromatic heterocycles. The average Bonchev–Trinajstić information content (AvgIpc) is 3.13. The number of hydrogen-bond acceptors (Lipinski definition) is 3. The standard InChI is InChI=1S/C15H24N2O/c1-3-8-17(10-12-4-5-12)11-13-6-7-15(18-2)14(16)9-13/h6-7,9,12H,3-5,8,10-11,16H2,1-2H3. The molecule has 1 fully saturated rings. The number of hydrogen-bond donors (Lipinski definition) is 1. The molecule has 0 amide bonds. The van der Waals surface area contributed by atoms with Gasteiger partial charge < -0.3 is 10.5 Å². The van der Waals surface area contributed by atoms with E-state index in [1.165, 1.54) is 37.9 Å². The molecule has 1 aliphatic carbocycles. The van der Waals surface area contributed by atoms with Crippen LogP contribution in [0.4, 0.5) is 5.69 Å². The quantitative estimate of drug-likeness (QED) is 0.754. The number of nitrogens with two attached hydrogens (primary N) is 1. The third-order valence-electron chi connectivity index (χ3n) is 3.45. The van der Waals surface area contributed by atoms with Crippen LogP contribution in [-0.4, -0.2) is 25.1 Å². The lowest BCUT2D eigenvalue weighted by molar-refractivity contribution is 0.255. The molecule has 100 valence electrons. The molecule has 0 spiro atoms. The third-order valence-corrected chi connectivity index (χ3v) is 3.45. The maximum atomic E-state index is 5.95. The number of nitrogens with zero attached hydrogens (tertiary/aromatic N) is 1. The zero-order chi connectivity index (χ0) is 13.0. The van der Waals surface area contributed by atoms with Gasteiger partial charge in [-0.3, -0.25) is 4.90 Å². The van der Waals surface area contributed by atoms with Gasteiger partial charge in [-0.05, 0) is 49.4 Å². The fraction of sp³-hybridized carbons (Fsp3) is 0.600. The molecule has 1 aromatic rings. The van der Waals surface area contributed by atoms with Crippen molar-refractivity contribution in [2.24, 2.45) is 5.92 Å². The second kappa shape index (κ2) is 6.10. The highest BCUT2D eigenvalue weighted by atomic mass is 16.5. The van der Waals surface area contributed by atoms with Gasteiger partial charge in [0.15, 0.2) is 0 Å². The van der Waals surface area contributed by atoms with Gasteiger partial charge >= 0.3 is 0 Å². The van der Waals surface area contributed by atoms with Crippen molar-refractivity contribution in [3.05, 3.63) is 23.8 Å². The number of ether oxygens (including phenoxy) is 1. The molecule has 0 unspecified atom stereocenters. The minimum absolute atomic E-state index is 0.734. The number of nitrogen functional groups attached to an aromatic ring is 1. The van der Waals surface area contributed by atoms with Crippen LogP contribution in [-0.2, 0) is 6.54 Å². The summed E-state index contributed by atoms with van der Waals surface area (Å²) in [5.74, 6) is 1.70. The van der Waals surface area contributed by atoms with E-state index in [1.807, 2.05) is 12.1 Å². The first-order valence-corrected chi connectivity index (χ1v) is 6.87. The molecule has 0 atom stereocenters. The van der Waals surface area contributed by atoms with E-state index in [9.17, 15) is 0 Å². The Morgan fingerprint density at radius 2 is 2.17 bits per heavy atom. The van der Waals surface area contributed by atoms with E-state index >= 15 is 0 Å². The van der Waals surface area contributed by atoms with E-state index < -0.39 is 0 Å². The van der Waals surface area contributed by atoms with Crippen LogP contribution in [0.25, 0.3) is 0 Å². The monoisotopic (exact) mass is 248 g/mol. The highest BCUT2D eigenvalue weighted by Crippen LogP contribution is 2.30. The van der Waals surface area contributed by atoms with E-state index in [0.717, 1.165) is 23.9 Å². The molecule has 0 heterocycles. The van der Waals surface area contributed by atoms with E-state index in [2.05, 4.69) is 17.9 Å². The molecular formula is C15H24N2O. The Hall–Kier alpha value is -1.22. The molecule has 1 saturated carbocycles.